The van der Waals surface area contributed by atoms with Gasteiger partial charge in [0.05, 0.1) is 4.90 Å². The predicted octanol–water partition coefficient (Wildman–Crippen LogP) is 4.02. The molecule has 4 aromatic carbocycles. The van der Waals surface area contributed by atoms with E-state index in [4.69, 9.17) is 4.74 Å². The standard InChI is InChI=1S/C25H19NO4S/c27-24(26-31(28,29)23-16-8-10-18-9-4-5-13-20(18)23)25(19-11-2-1-3-12-19)17-30-22-15-7-6-14-21(22)25/h1-16H,17H2,(H,26,27). The Hall–Kier alpha value is -3.64. The van der Waals surface area contributed by atoms with E-state index in [1.807, 2.05) is 60.7 Å². The van der Waals surface area contributed by atoms with Crippen LogP contribution in [0.15, 0.2) is 102 Å². The summed E-state index contributed by atoms with van der Waals surface area (Å²) in [6, 6.07) is 28.6. The lowest BCUT2D eigenvalue weighted by atomic mass is 9.75. The number of ether oxygens (including phenoxy) is 1. The summed E-state index contributed by atoms with van der Waals surface area (Å²) in [6.45, 7) is 0.0211. The van der Waals surface area contributed by atoms with Crippen molar-refractivity contribution in [3.8, 4) is 5.75 Å². The van der Waals surface area contributed by atoms with Gasteiger partial charge < -0.3 is 4.74 Å². The zero-order valence-electron chi connectivity index (χ0n) is 16.5. The van der Waals surface area contributed by atoms with Crippen LogP contribution in [0.4, 0.5) is 0 Å². The van der Waals surface area contributed by atoms with E-state index < -0.39 is 21.3 Å². The van der Waals surface area contributed by atoms with Gasteiger partial charge in [0.2, 0.25) is 0 Å². The Morgan fingerprint density at radius 1 is 0.806 bits per heavy atom. The van der Waals surface area contributed by atoms with E-state index in [0.717, 1.165) is 5.39 Å². The number of hydrogen-bond acceptors (Lipinski definition) is 4. The Balaban J connectivity index is 1.62. The fraction of sp³-hybridized carbons (Fsp3) is 0.0800. The molecule has 0 saturated carbocycles. The van der Waals surface area contributed by atoms with Gasteiger partial charge >= 0.3 is 0 Å². The van der Waals surface area contributed by atoms with Crippen LogP contribution in [0.25, 0.3) is 10.8 Å². The van der Waals surface area contributed by atoms with E-state index in [9.17, 15) is 13.2 Å². The quantitative estimate of drug-likeness (QED) is 0.532. The molecule has 0 aromatic heterocycles. The number of carbonyl (C=O) groups excluding carboxylic acids is 1. The summed E-state index contributed by atoms with van der Waals surface area (Å²) in [6.07, 6.45) is 0. The third-order valence-corrected chi connectivity index (χ3v) is 7.10. The van der Waals surface area contributed by atoms with Crippen LogP contribution in [-0.4, -0.2) is 20.9 Å². The molecule has 154 valence electrons. The Labute approximate surface area is 180 Å². The third-order valence-electron chi connectivity index (χ3n) is 5.71. The number of fused-ring (bicyclic) bond motifs is 2. The highest BCUT2D eigenvalue weighted by Crippen LogP contribution is 2.44. The molecule has 0 aliphatic carbocycles. The zero-order chi connectivity index (χ0) is 21.5. The van der Waals surface area contributed by atoms with Gasteiger partial charge in [0.1, 0.15) is 17.8 Å². The molecule has 0 bridgehead atoms. The van der Waals surface area contributed by atoms with Gasteiger partial charge in [0.25, 0.3) is 15.9 Å². The van der Waals surface area contributed by atoms with E-state index in [0.29, 0.717) is 22.3 Å². The van der Waals surface area contributed by atoms with Gasteiger partial charge in [0.15, 0.2) is 0 Å². The summed E-state index contributed by atoms with van der Waals surface area (Å²) in [5, 5.41) is 1.34. The Bertz CT molecular complexity index is 1390. The number of hydrogen-bond donors (Lipinski definition) is 1. The van der Waals surface area contributed by atoms with Crippen LogP contribution >= 0.6 is 0 Å². The van der Waals surface area contributed by atoms with Crippen LogP contribution in [0.5, 0.6) is 5.75 Å². The highest BCUT2D eigenvalue weighted by Gasteiger charge is 2.50. The van der Waals surface area contributed by atoms with E-state index in [1.165, 1.54) is 6.07 Å². The Kier molecular flexibility index (Phi) is 4.52. The van der Waals surface area contributed by atoms with E-state index in [2.05, 4.69) is 4.72 Å². The fourth-order valence-electron chi connectivity index (χ4n) is 4.18. The van der Waals surface area contributed by atoms with Crippen molar-refractivity contribution in [1.29, 1.82) is 0 Å². The van der Waals surface area contributed by atoms with Crippen LogP contribution in [-0.2, 0) is 20.2 Å². The molecule has 1 atom stereocenters. The van der Waals surface area contributed by atoms with Gasteiger partial charge in [-0.1, -0.05) is 84.9 Å². The first-order chi connectivity index (χ1) is 15.0. The average Bonchev–Trinajstić information content (AvgIpc) is 3.20. The molecule has 0 fully saturated rings. The largest absolute Gasteiger partial charge is 0.491 e. The fourth-order valence-corrected chi connectivity index (χ4v) is 5.44. The molecular weight excluding hydrogens is 410 g/mol. The lowest BCUT2D eigenvalue weighted by Gasteiger charge is -2.27. The first-order valence-corrected chi connectivity index (χ1v) is 11.3. The van der Waals surface area contributed by atoms with Crippen molar-refractivity contribution >= 4 is 26.7 Å². The number of rotatable bonds is 4. The second-order valence-corrected chi connectivity index (χ2v) is 9.12. The van der Waals surface area contributed by atoms with Crippen LogP contribution in [0.2, 0.25) is 0 Å². The molecule has 1 unspecified atom stereocenters. The summed E-state index contributed by atoms with van der Waals surface area (Å²) in [5.74, 6) is -0.0688. The van der Waals surface area contributed by atoms with Gasteiger partial charge in [-0.2, -0.15) is 0 Å². The summed E-state index contributed by atoms with van der Waals surface area (Å²) >= 11 is 0. The number of para-hydroxylation sites is 1. The van der Waals surface area contributed by atoms with Crippen LogP contribution in [0.1, 0.15) is 11.1 Å². The zero-order valence-corrected chi connectivity index (χ0v) is 17.3. The minimum atomic E-state index is -4.13. The summed E-state index contributed by atoms with van der Waals surface area (Å²) in [5.41, 5.74) is 0.0487. The van der Waals surface area contributed by atoms with Crippen LogP contribution in [0.3, 0.4) is 0 Å². The van der Waals surface area contributed by atoms with Crippen molar-refractivity contribution in [3.63, 3.8) is 0 Å². The number of amides is 1. The highest BCUT2D eigenvalue weighted by atomic mass is 32.2. The molecule has 6 heteroatoms. The normalized spacial score (nSPS) is 17.7. The Morgan fingerprint density at radius 3 is 2.32 bits per heavy atom. The van der Waals surface area contributed by atoms with Crippen LogP contribution < -0.4 is 9.46 Å². The van der Waals surface area contributed by atoms with Crippen molar-refractivity contribution in [3.05, 3.63) is 108 Å². The third kappa shape index (κ3) is 3.07. The summed E-state index contributed by atoms with van der Waals surface area (Å²) in [7, 11) is -4.13. The van der Waals surface area contributed by atoms with Crippen molar-refractivity contribution < 1.29 is 17.9 Å². The maximum absolute atomic E-state index is 13.7. The molecule has 0 radical (unpaired) electrons. The van der Waals surface area contributed by atoms with E-state index in [-0.39, 0.29) is 11.5 Å². The molecule has 0 spiro atoms. The minimum absolute atomic E-state index is 0.0211. The molecule has 1 heterocycles. The number of sulfonamides is 1. The smallest absolute Gasteiger partial charge is 0.264 e. The lowest BCUT2D eigenvalue weighted by Crippen LogP contribution is -2.48. The molecule has 4 aromatic rings. The molecule has 1 aliphatic heterocycles. The molecule has 0 saturated heterocycles. The van der Waals surface area contributed by atoms with E-state index >= 15 is 0 Å². The Morgan fingerprint density at radius 2 is 1.48 bits per heavy atom. The molecule has 5 nitrogen and oxygen atoms in total. The van der Waals surface area contributed by atoms with Gasteiger partial charge in [-0.3, -0.25) is 4.79 Å². The second kappa shape index (κ2) is 7.25. The summed E-state index contributed by atoms with van der Waals surface area (Å²) < 4.78 is 34.8. The minimum Gasteiger partial charge on any atom is -0.491 e. The maximum atomic E-state index is 13.7. The predicted molar refractivity (Wildman–Crippen MR) is 118 cm³/mol. The first-order valence-electron chi connectivity index (χ1n) is 9.85. The lowest BCUT2D eigenvalue weighted by molar-refractivity contribution is -0.123. The number of nitrogens with one attached hydrogen (secondary N) is 1. The highest BCUT2D eigenvalue weighted by molar-refractivity contribution is 7.90. The molecule has 5 rings (SSSR count). The molecule has 1 N–H and O–H groups in total. The van der Waals surface area contributed by atoms with Gasteiger partial charge in [0, 0.05) is 10.9 Å². The molecule has 31 heavy (non-hydrogen) atoms. The van der Waals surface area contributed by atoms with E-state index in [1.54, 1.807) is 30.3 Å². The molecular formula is C25H19NO4S. The number of benzene rings is 4. The number of carbonyl (C=O) groups is 1. The summed E-state index contributed by atoms with van der Waals surface area (Å²) in [4.78, 5) is 13.7. The second-order valence-electron chi connectivity index (χ2n) is 7.47. The van der Waals surface area contributed by atoms with Gasteiger partial charge in [-0.25, -0.2) is 13.1 Å². The van der Waals surface area contributed by atoms with Crippen LogP contribution in [0, 0.1) is 0 Å². The molecule has 1 aliphatic rings. The van der Waals surface area contributed by atoms with Crippen molar-refractivity contribution in [2.45, 2.75) is 10.3 Å². The SMILES string of the molecule is O=C(NS(=O)(=O)c1cccc2ccccc12)C1(c2ccccc2)COc2ccccc21. The first kappa shape index (κ1) is 19.3. The van der Waals surface area contributed by atoms with Gasteiger partial charge in [-0.15, -0.1) is 0 Å². The average molecular weight is 429 g/mol. The van der Waals surface area contributed by atoms with Crippen molar-refractivity contribution in [2.75, 3.05) is 6.61 Å². The monoisotopic (exact) mass is 429 g/mol. The van der Waals surface area contributed by atoms with Gasteiger partial charge in [-0.05, 0) is 23.1 Å². The molecule has 1 amide bonds. The van der Waals surface area contributed by atoms with Crippen molar-refractivity contribution in [2.24, 2.45) is 0 Å². The topological polar surface area (TPSA) is 72.5 Å². The van der Waals surface area contributed by atoms with Crippen molar-refractivity contribution in [1.82, 2.24) is 4.72 Å². The maximum Gasteiger partial charge on any atom is 0.264 e.